The van der Waals surface area contributed by atoms with Crippen LogP contribution in [0, 0.1) is 0 Å². The summed E-state index contributed by atoms with van der Waals surface area (Å²) in [6.07, 6.45) is 6.46. The minimum atomic E-state index is -3.65. The molecular weight excluding hydrogens is 278 g/mol. The van der Waals surface area contributed by atoms with Gasteiger partial charge in [0.2, 0.25) is 0 Å². The van der Waals surface area contributed by atoms with E-state index in [0.29, 0.717) is 5.69 Å². The Morgan fingerprint density at radius 1 is 1.20 bits per heavy atom. The van der Waals surface area contributed by atoms with E-state index < -0.39 is 10.0 Å². The van der Waals surface area contributed by atoms with E-state index in [0.717, 1.165) is 5.69 Å². The first kappa shape index (κ1) is 12.4. The van der Waals surface area contributed by atoms with E-state index in [1.54, 1.807) is 41.5 Å². The van der Waals surface area contributed by atoms with Gasteiger partial charge in [0.25, 0.3) is 10.0 Å². The molecule has 0 unspecified atom stereocenters. The molecule has 20 heavy (non-hydrogen) atoms. The maximum absolute atomic E-state index is 12.1. The Kier molecular flexibility index (Phi) is 2.99. The molecule has 0 aliphatic heterocycles. The molecule has 0 aliphatic carbocycles. The van der Waals surface area contributed by atoms with Gasteiger partial charge in [-0.25, -0.2) is 4.98 Å². The third-order valence-corrected chi connectivity index (χ3v) is 3.98. The molecule has 2 heterocycles. The maximum Gasteiger partial charge on any atom is 0.278 e. The molecule has 0 amide bonds. The highest BCUT2D eigenvalue weighted by atomic mass is 32.2. The Morgan fingerprint density at radius 3 is 2.80 bits per heavy atom. The van der Waals surface area contributed by atoms with Crippen molar-refractivity contribution in [1.29, 1.82) is 0 Å². The predicted octanol–water partition coefficient (Wildman–Crippen LogP) is 1.40. The lowest BCUT2D eigenvalue weighted by molar-refractivity contribution is 0.597. The quantitative estimate of drug-likeness (QED) is 0.759. The molecule has 0 saturated carbocycles. The zero-order valence-corrected chi connectivity index (χ0v) is 11.1. The number of imidazole rings is 1. The molecule has 8 heteroatoms. The van der Waals surface area contributed by atoms with Gasteiger partial charge in [-0.05, 0) is 24.3 Å². The van der Waals surface area contributed by atoms with Crippen LogP contribution in [0.2, 0.25) is 0 Å². The van der Waals surface area contributed by atoms with Crippen LogP contribution in [0.3, 0.4) is 0 Å². The lowest BCUT2D eigenvalue weighted by atomic mass is 10.3. The van der Waals surface area contributed by atoms with E-state index in [4.69, 9.17) is 0 Å². The summed E-state index contributed by atoms with van der Waals surface area (Å²) < 4.78 is 28.4. The number of nitrogens with zero attached hydrogens (tertiary/aromatic N) is 3. The smallest absolute Gasteiger partial charge is 0.278 e. The van der Waals surface area contributed by atoms with Gasteiger partial charge in [-0.2, -0.15) is 13.5 Å². The molecule has 0 saturated heterocycles. The summed E-state index contributed by atoms with van der Waals surface area (Å²) in [7, 11) is -3.65. The first-order chi connectivity index (χ1) is 9.65. The lowest BCUT2D eigenvalue weighted by Gasteiger charge is -2.08. The number of benzene rings is 1. The van der Waals surface area contributed by atoms with Crippen molar-refractivity contribution in [2.75, 3.05) is 4.72 Å². The molecule has 0 radical (unpaired) electrons. The monoisotopic (exact) mass is 289 g/mol. The SMILES string of the molecule is O=S(=O)(Nc1cccc(-n2ccnc2)c1)c1ccn[nH]1. The highest BCUT2D eigenvalue weighted by molar-refractivity contribution is 7.92. The van der Waals surface area contributed by atoms with Crippen LogP contribution in [-0.4, -0.2) is 28.2 Å². The number of aromatic amines is 1. The van der Waals surface area contributed by atoms with Gasteiger partial charge in [-0.1, -0.05) is 6.07 Å². The number of hydrogen-bond acceptors (Lipinski definition) is 4. The van der Waals surface area contributed by atoms with Crippen molar-refractivity contribution in [3.05, 3.63) is 55.2 Å². The van der Waals surface area contributed by atoms with Crippen molar-refractivity contribution in [1.82, 2.24) is 19.7 Å². The molecule has 3 rings (SSSR count). The standard InChI is InChI=1S/C12H11N5O2S/c18-20(19,12-4-5-14-15-12)16-10-2-1-3-11(8-10)17-7-6-13-9-17/h1-9,16H,(H,14,15). The number of aromatic nitrogens is 4. The second-order valence-electron chi connectivity index (χ2n) is 4.05. The van der Waals surface area contributed by atoms with Gasteiger partial charge in [-0.3, -0.25) is 9.82 Å². The van der Waals surface area contributed by atoms with Crippen LogP contribution in [0.15, 0.2) is 60.3 Å². The predicted molar refractivity (Wildman–Crippen MR) is 73.0 cm³/mol. The summed E-state index contributed by atoms with van der Waals surface area (Å²) in [5.41, 5.74) is 1.28. The Hall–Kier alpha value is -2.61. The molecule has 0 bridgehead atoms. The maximum atomic E-state index is 12.1. The van der Waals surface area contributed by atoms with Crippen molar-refractivity contribution in [3.8, 4) is 5.69 Å². The first-order valence-corrected chi connectivity index (χ1v) is 7.24. The van der Waals surface area contributed by atoms with Gasteiger partial charge in [0, 0.05) is 18.1 Å². The van der Waals surface area contributed by atoms with Gasteiger partial charge in [0.15, 0.2) is 5.03 Å². The van der Waals surface area contributed by atoms with Crippen molar-refractivity contribution in [3.63, 3.8) is 0 Å². The zero-order valence-electron chi connectivity index (χ0n) is 10.3. The molecular formula is C12H11N5O2S. The lowest BCUT2D eigenvalue weighted by Crippen LogP contribution is -2.13. The largest absolute Gasteiger partial charge is 0.306 e. The number of nitrogens with one attached hydrogen (secondary N) is 2. The average Bonchev–Trinajstić information content (AvgIpc) is 3.12. The second-order valence-corrected chi connectivity index (χ2v) is 5.70. The Morgan fingerprint density at radius 2 is 2.10 bits per heavy atom. The van der Waals surface area contributed by atoms with Gasteiger partial charge >= 0.3 is 0 Å². The van der Waals surface area contributed by atoms with E-state index in [1.165, 1.54) is 12.3 Å². The van der Waals surface area contributed by atoms with Crippen molar-refractivity contribution >= 4 is 15.7 Å². The number of anilines is 1. The summed E-state index contributed by atoms with van der Waals surface area (Å²) in [6, 6.07) is 8.40. The summed E-state index contributed by atoms with van der Waals surface area (Å²) in [5.74, 6) is 0. The summed E-state index contributed by atoms with van der Waals surface area (Å²) in [4.78, 5) is 3.95. The third kappa shape index (κ3) is 2.41. The normalized spacial score (nSPS) is 11.4. The van der Waals surface area contributed by atoms with Crippen LogP contribution in [-0.2, 0) is 10.0 Å². The molecule has 0 spiro atoms. The van der Waals surface area contributed by atoms with E-state index in [2.05, 4.69) is 19.9 Å². The topological polar surface area (TPSA) is 92.7 Å². The van der Waals surface area contributed by atoms with Crippen LogP contribution in [0.4, 0.5) is 5.69 Å². The van der Waals surface area contributed by atoms with E-state index in [9.17, 15) is 8.42 Å². The van der Waals surface area contributed by atoms with E-state index >= 15 is 0 Å². The van der Waals surface area contributed by atoms with Crippen LogP contribution in [0.1, 0.15) is 0 Å². The fourth-order valence-electron chi connectivity index (χ4n) is 1.74. The molecule has 2 aromatic heterocycles. The van der Waals surface area contributed by atoms with E-state index in [-0.39, 0.29) is 5.03 Å². The molecule has 1 aromatic carbocycles. The van der Waals surface area contributed by atoms with Crippen LogP contribution < -0.4 is 4.72 Å². The first-order valence-electron chi connectivity index (χ1n) is 5.76. The van der Waals surface area contributed by atoms with Gasteiger partial charge in [-0.15, -0.1) is 0 Å². The molecule has 0 atom stereocenters. The Balaban J connectivity index is 1.91. The summed E-state index contributed by atoms with van der Waals surface area (Å²) in [5, 5.41) is 6.07. The number of H-pyrrole nitrogens is 1. The fraction of sp³-hybridized carbons (Fsp3) is 0. The minimum absolute atomic E-state index is 0.0190. The van der Waals surface area contributed by atoms with Gasteiger partial charge < -0.3 is 4.57 Å². The van der Waals surface area contributed by atoms with Gasteiger partial charge in [0.05, 0.1) is 18.2 Å². The zero-order chi connectivity index (χ0) is 14.0. The number of sulfonamides is 1. The van der Waals surface area contributed by atoms with Crippen molar-refractivity contribution < 1.29 is 8.42 Å². The molecule has 2 N–H and O–H groups in total. The van der Waals surface area contributed by atoms with Crippen molar-refractivity contribution in [2.24, 2.45) is 0 Å². The van der Waals surface area contributed by atoms with Crippen LogP contribution >= 0.6 is 0 Å². The highest BCUT2D eigenvalue weighted by Crippen LogP contribution is 2.17. The highest BCUT2D eigenvalue weighted by Gasteiger charge is 2.15. The number of rotatable bonds is 4. The Labute approximate surface area is 115 Å². The van der Waals surface area contributed by atoms with Crippen LogP contribution in [0.5, 0.6) is 0 Å². The molecule has 0 fully saturated rings. The number of hydrogen-bond donors (Lipinski definition) is 2. The molecule has 3 aromatic rings. The fourth-order valence-corrected chi connectivity index (χ4v) is 2.70. The van der Waals surface area contributed by atoms with Crippen molar-refractivity contribution in [2.45, 2.75) is 5.03 Å². The Bertz CT molecular complexity index is 794. The minimum Gasteiger partial charge on any atom is -0.306 e. The van der Waals surface area contributed by atoms with E-state index in [1.807, 2.05) is 6.07 Å². The van der Waals surface area contributed by atoms with Gasteiger partial charge in [0.1, 0.15) is 0 Å². The van der Waals surface area contributed by atoms with Crippen LogP contribution in [0.25, 0.3) is 5.69 Å². The third-order valence-electron chi connectivity index (χ3n) is 2.67. The average molecular weight is 289 g/mol. The summed E-state index contributed by atoms with van der Waals surface area (Å²) >= 11 is 0. The summed E-state index contributed by atoms with van der Waals surface area (Å²) in [6.45, 7) is 0. The molecule has 0 aliphatic rings. The second kappa shape index (κ2) is 4.82. The molecule has 102 valence electrons. The molecule has 7 nitrogen and oxygen atoms in total.